The molecule has 0 amide bonds. The summed E-state index contributed by atoms with van der Waals surface area (Å²) in [6, 6.07) is 0.275. The number of hydrogen-bond acceptors (Lipinski definition) is 2. The lowest BCUT2D eigenvalue weighted by molar-refractivity contribution is 0.481. The highest BCUT2D eigenvalue weighted by atomic mass is 32.2. The highest BCUT2D eigenvalue weighted by molar-refractivity contribution is 7.89. The van der Waals surface area contributed by atoms with Crippen molar-refractivity contribution in [2.24, 2.45) is 5.92 Å². The molecule has 3 atom stereocenters. The van der Waals surface area contributed by atoms with Crippen molar-refractivity contribution in [2.75, 3.05) is 6.54 Å². The molecule has 0 radical (unpaired) electrons. The van der Waals surface area contributed by atoms with E-state index in [1.807, 2.05) is 0 Å². The molecule has 1 rings (SSSR count). The average molecular weight is 205 g/mol. The second kappa shape index (κ2) is 3.58. The van der Waals surface area contributed by atoms with Crippen LogP contribution in [0.15, 0.2) is 0 Å². The van der Waals surface area contributed by atoms with Crippen molar-refractivity contribution in [3.8, 4) is 0 Å². The van der Waals surface area contributed by atoms with Gasteiger partial charge in [0.25, 0.3) is 0 Å². The van der Waals surface area contributed by atoms with Crippen molar-refractivity contribution in [1.29, 1.82) is 0 Å². The van der Waals surface area contributed by atoms with E-state index < -0.39 is 10.0 Å². The van der Waals surface area contributed by atoms with E-state index in [2.05, 4.69) is 13.8 Å². The molecular weight excluding hydrogens is 186 g/mol. The van der Waals surface area contributed by atoms with Crippen LogP contribution in [0.4, 0.5) is 0 Å². The quantitative estimate of drug-likeness (QED) is 0.651. The molecule has 1 fully saturated rings. The Morgan fingerprint density at radius 2 is 1.92 bits per heavy atom. The minimum atomic E-state index is -2.97. The molecule has 2 unspecified atom stereocenters. The molecule has 0 aromatic rings. The Morgan fingerprint density at radius 3 is 2.31 bits per heavy atom. The summed E-state index contributed by atoms with van der Waals surface area (Å²) in [6.07, 6.45) is 1.05. The molecule has 0 aromatic carbocycles. The van der Waals surface area contributed by atoms with Crippen LogP contribution in [0.3, 0.4) is 0 Å². The third-order valence-corrected chi connectivity index (χ3v) is 5.09. The molecule has 13 heavy (non-hydrogen) atoms. The average Bonchev–Trinajstić information content (AvgIpc) is 2.81. The maximum Gasteiger partial charge on any atom is 0.216 e. The first-order valence-electron chi connectivity index (χ1n) is 4.92. The third-order valence-electron chi connectivity index (χ3n) is 2.83. The summed E-state index contributed by atoms with van der Waals surface area (Å²) >= 11 is 0. The lowest BCUT2D eigenvalue weighted by Crippen LogP contribution is -2.25. The van der Waals surface area contributed by atoms with Crippen molar-refractivity contribution in [2.45, 2.75) is 45.4 Å². The predicted octanol–water partition coefficient (Wildman–Crippen LogP) is 1.45. The standard InChI is InChI=1S/C9H19NO2S/c1-5-8(4)9-6-10(9)13(11,12)7(2)3/h7-9H,5-6H2,1-4H3/t8?,9-,10?/m1/s1. The minimum Gasteiger partial charge on any atom is -0.212 e. The van der Waals surface area contributed by atoms with Gasteiger partial charge in [-0.25, -0.2) is 8.42 Å². The fourth-order valence-electron chi connectivity index (χ4n) is 1.44. The maximum atomic E-state index is 11.6. The number of hydrogen-bond donors (Lipinski definition) is 0. The molecule has 4 heteroatoms. The van der Waals surface area contributed by atoms with E-state index in [1.165, 1.54) is 0 Å². The predicted molar refractivity (Wildman–Crippen MR) is 54.0 cm³/mol. The van der Waals surface area contributed by atoms with Gasteiger partial charge in [0.2, 0.25) is 10.0 Å². The van der Waals surface area contributed by atoms with E-state index in [4.69, 9.17) is 0 Å². The van der Waals surface area contributed by atoms with Crippen molar-refractivity contribution in [3.63, 3.8) is 0 Å². The molecule has 0 aliphatic carbocycles. The molecule has 1 aliphatic rings. The van der Waals surface area contributed by atoms with Gasteiger partial charge in [-0.05, 0) is 19.8 Å². The van der Waals surface area contributed by atoms with Crippen LogP contribution in [0.25, 0.3) is 0 Å². The van der Waals surface area contributed by atoms with Crippen LogP contribution in [-0.4, -0.2) is 30.6 Å². The molecule has 78 valence electrons. The van der Waals surface area contributed by atoms with Crippen molar-refractivity contribution in [3.05, 3.63) is 0 Å². The molecular formula is C9H19NO2S. The zero-order valence-electron chi connectivity index (χ0n) is 8.82. The monoisotopic (exact) mass is 205 g/mol. The maximum absolute atomic E-state index is 11.6. The lowest BCUT2D eigenvalue weighted by Gasteiger charge is -2.11. The van der Waals surface area contributed by atoms with Gasteiger partial charge < -0.3 is 0 Å². The zero-order valence-corrected chi connectivity index (χ0v) is 9.63. The zero-order chi connectivity index (χ0) is 10.2. The van der Waals surface area contributed by atoms with Crippen LogP contribution in [0.2, 0.25) is 0 Å². The Kier molecular flexibility index (Phi) is 3.02. The lowest BCUT2D eigenvalue weighted by atomic mass is 10.1. The summed E-state index contributed by atoms with van der Waals surface area (Å²) in [5, 5.41) is -0.276. The molecule has 0 aromatic heterocycles. The molecule has 1 aliphatic heterocycles. The second-order valence-corrected chi connectivity index (χ2v) is 6.56. The van der Waals surface area contributed by atoms with Crippen LogP contribution in [-0.2, 0) is 10.0 Å². The summed E-state index contributed by atoms with van der Waals surface area (Å²) in [5.74, 6) is 0.494. The van der Waals surface area contributed by atoms with E-state index in [0.29, 0.717) is 5.92 Å². The summed E-state index contributed by atoms with van der Waals surface area (Å²) in [6.45, 7) is 8.42. The Balaban J connectivity index is 2.61. The third kappa shape index (κ3) is 2.05. The second-order valence-electron chi connectivity index (χ2n) is 4.12. The van der Waals surface area contributed by atoms with Gasteiger partial charge in [-0.15, -0.1) is 0 Å². The molecule has 0 bridgehead atoms. The topological polar surface area (TPSA) is 37.1 Å². The SMILES string of the molecule is CCC(C)[C@H]1CN1S(=O)(=O)C(C)C. The number of sulfonamides is 1. The summed E-state index contributed by atoms with van der Waals surface area (Å²) in [7, 11) is -2.97. The summed E-state index contributed by atoms with van der Waals surface area (Å²) in [4.78, 5) is 0. The van der Waals surface area contributed by atoms with E-state index >= 15 is 0 Å². The molecule has 3 nitrogen and oxygen atoms in total. The van der Waals surface area contributed by atoms with Gasteiger partial charge in [0.1, 0.15) is 0 Å². The smallest absolute Gasteiger partial charge is 0.212 e. The Bertz CT molecular complexity index is 271. The summed E-state index contributed by atoms with van der Waals surface area (Å²) in [5.41, 5.74) is 0. The number of nitrogens with zero attached hydrogens (tertiary/aromatic N) is 1. The van der Waals surface area contributed by atoms with Crippen molar-refractivity contribution in [1.82, 2.24) is 4.31 Å². The first-order valence-corrected chi connectivity index (χ1v) is 6.42. The van der Waals surface area contributed by atoms with Gasteiger partial charge in [0, 0.05) is 12.6 Å². The minimum absolute atomic E-state index is 0.275. The molecule has 0 spiro atoms. The van der Waals surface area contributed by atoms with Crippen LogP contribution >= 0.6 is 0 Å². The largest absolute Gasteiger partial charge is 0.216 e. The molecule has 0 saturated carbocycles. The van der Waals surface area contributed by atoms with Crippen molar-refractivity contribution >= 4 is 10.0 Å². The first-order chi connectivity index (χ1) is 5.91. The van der Waals surface area contributed by atoms with Gasteiger partial charge in [-0.3, -0.25) is 0 Å². The van der Waals surface area contributed by atoms with E-state index in [-0.39, 0.29) is 11.3 Å². The fraction of sp³-hybridized carbons (Fsp3) is 1.00. The van der Waals surface area contributed by atoms with E-state index in [0.717, 1.165) is 13.0 Å². The summed E-state index contributed by atoms with van der Waals surface area (Å²) < 4.78 is 24.9. The molecule has 1 saturated heterocycles. The van der Waals surface area contributed by atoms with Gasteiger partial charge in [-0.2, -0.15) is 4.31 Å². The van der Waals surface area contributed by atoms with Crippen LogP contribution < -0.4 is 0 Å². The Hall–Kier alpha value is -0.0900. The fourth-order valence-corrected chi connectivity index (χ4v) is 2.92. The number of rotatable bonds is 4. The van der Waals surface area contributed by atoms with E-state index in [9.17, 15) is 8.42 Å². The van der Waals surface area contributed by atoms with Crippen LogP contribution in [0.5, 0.6) is 0 Å². The van der Waals surface area contributed by atoms with Crippen molar-refractivity contribution < 1.29 is 8.42 Å². The molecule has 0 N–H and O–H groups in total. The highest BCUT2D eigenvalue weighted by Gasteiger charge is 2.46. The van der Waals surface area contributed by atoms with Crippen LogP contribution in [0, 0.1) is 5.92 Å². The van der Waals surface area contributed by atoms with E-state index in [1.54, 1.807) is 18.2 Å². The van der Waals surface area contributed by atoms with Crippen LogP contribution in [0.1, 0.15) is 34.1 Å². The highest BCUT2D eigenvalue weighted by Crippen LogP contribution is 2.32. The van der Waals surface area contributed by atoms with Gasteiger partial charge in [-0.1, -0.05) is 20.3 Å². The van der Waals surface area contributed by atoms with Gasteiger partial charge in [0.15, 0.2) is 0 Å². The van der Waals surface area contributed by atoms with Gasteiger partial charge >= 0.3 is 0 Å². The molecule has 1 heterocycles. The Morgan fingerprint density at radius 1 is 1.38 bits per heavy atom. The van der Waals surface area contributed by atoms with Gasteiger partial charge in [0.05, 0.1) is 5.25 Å². The first kappa shape index (κ1) is 11.0. The Labute approximate surface area is 81.2 Å². The normalized spacial score (nSPS) is 30.5.